The van der Waals surface area contributed by atoms with E-state index in [0.717, 1.165) is 5.71 Å². The number of carbonyl (C=O) groups is 1. The number of hydrogen-bond acceptors (Lipinski definition) is 2. The van der Waals surface area contributed by atoms with Gasteiger partial charge in [-0.2, -0.15) is 5.10 Å². The lowest BCUT2D eigenvalue weighted by molar-refractivity contribution is 0.183. The Morgan fingerprint density at radius 2 is 1.92 bits per heavy atom. The van der Waals surface area contributed by atoms with E-state index in [-0.39, 0.29) is 13.5 Å². The quantitative estimate of drug-likeness (QED) is 0.541. The second-order valence-electron chi connectivity index (χ2n) is 2.50. The molecule has 0 aliphatic carbocycles. The predicted molar refractivity (Wildman–Crippen MR) is 49.9 cm³/mol. The van der Waals surface area contributed by atoms with Gasteiger partial charge < -0.3 is 0 Å². The third kappa shape index (κ3) is 1.47. The second kappa shape index (κ2) is 3.38. The molecule has 0 spiro atoms. The van der Waals surface area contributed by atoms with Gasteiger partial charge in [0.15, 0.2) is 0 Å². The molecule has 2 amide bonds. The fourth-order valence-electron chi connectivity index (χ4n) is 0.901. The first-order chi connectivity index (χ1) is 5.04. The van der Waals surface area contributed by atoms with Crippen molar-refractivity contribution in [1.29, 1.82) is 0 Å². The molecule has 0 aromatic rings. The fourth-order valence-corrected chi connectivity index (χ4v) is 0.901. The summed E-state index contributed by atoms with van der Waals surface area (Å²) >= 11 is 0. The Balaban J connectivity index is 0.00000121. The number of rotatable bonds is 0. The van der Waals surface area contributed by atoms with Crippen molar-refractivity contribution in [3.8, 4) is 0 Å². The molecular formula is C8H15N3O. The zero-order valence-electron chi connectivity index (χ0n) is 6.96. The highest BCUT2D eigenvalue weighted by Crippen LogP contribution is 2.11. The molecule has 0 aromatic heterocycles. The summed E-state index contributed by atoms with van der Waals surface area (Å²) in [7, 11) is 3.30. The summed E-state index contributed by atoms with van der Waals surface area (Å²) in [6.07, 6.45) is 0. The summed E-state index contributed by atoms with van der Waals surface area (Å²) < 4.78 is 0. The third-order valence-electron chi connectivity index (χ3n) is 1.69. The Labute approximate surface area is 73.2 Å². The van der Waals surface area contributed by atoms with Crippen LogP contribution in [-0.4, -0.2) is 35.7 Å². The molecule has 1 aliphatic rings. The molecule has 1 rings (SSSR count). The van der Waals surface area contributed by atoms with Crippen LogP contribution in [0.1, 0.15) is 14.4 Å². The van der Waals surface area contributed by atoms with Crippen molar-refractivity contribution >= 4 is 11.7 Å². The van der Waals surface area contributed by atoms with Crippen molar-refractivity contribution in [1.82, 2.24) is 9.91 Å². The molecular weight excluding hydrogens is 154 g/mol. The third-order valence-corrected chi connectivity index (χ3v) is 1.69. The minimum Gasteiger partial charge on any atom is -0.295 e. The maximum absolute atomic E-state index is 11.2. The van der Waals surface area contributed by atoms with Crippen LogP contribution in [0.2, 0.25) is 0 Å². The van der Waals surface area contributed by atoms with E-state index in [1.807, 2.05) is 6.92 Å². The van der Waals surface area contributed by atoms with Gasteiger partial charge in [0.25, 0.3) is 0 Å². The van der Waals surface area contributed by atoms with Gasteiger partial charge in [0.2, 0.25) is 0 Å². The van der Waals surface area contributed by atoms with Crippen molar-refractivity contribution in [2.24, 2.45) is 5.10 Å². The van der Waals surface area contributed by atoms with Crippen LogP contribution in [0.4, 0.5) is 4.79 Å². The predicted octanol–water partition coefficient (Wildman–Crippen LogP) is 1.51. The van der Waals surface area contributed by atoms with Gasteiger partial charge in [-0.25, -0.2) is 9.80 Å². The average Bonchev–Trinajstić information content (AvgIpc) is 1.97. The highest BCUT2D eigenvalue weighted by atomic mass is 16.2. The van der Waals surface area contributed by atoms with Gasteiger partial charge in [-0.3, -0.25) is 4.90 Å². The molecule has 0 N–H and O–H groups in total. The zero-order valence-corrected chi connectivity index (χ0v) is 6.96. The summed E-state index contributed by atoms with van der Waals surface area (Å²) in [5.74, 6) is 0. The van der Waals surface area contributed by atoms with Crippen LogP contribution in [-0.2, 0) is 0 Å². The first-order valence-electron chi connectivity index (χ1n) is 3.30. The van der Waals surface area contributed by atoms with Crippen LogP contribution in [0, 0.1) is 0 Å². The Hall–Kier alpha value is -1.32. The Morgan fingerprint density at radius 1 is 1.42 bits per heavy atom. The number of amides is 2. The molecule has 0 radical (unpaired) electrons. The summed E-state index contributed by atoms with van der Waals surface area (Å²) in [6, 6.07) is -0.152. The summed E-state index contributed by atoms with van der Waals surface area (Å²) in [5.41, 5.74) is 1.43. The molecule has 68 valence electrons. The van der Waals surface area contributed by atoms with Crippen LogP contribution in [0.15, 0.2) is 17.4 Å². The van der Waals surface area contributed by atoms with Gasteiger partial charge in [0, 0.05) is 14.1 Å². The van der Waals surface area contributed by atoms with Gasteiger partial charge in [0.1, 0.15) is 0 Å². The average molecular weight is 169 g/mol. The maximum atomic E-state index is 11.2. The highest BCUT2D eigenvalue weighted by Gasteiger charge is 2.22. The summed E-state index contributed by atoms with van der Waals surface area (Å²) in [5, 5.41) is 5.25. The van der Waals surface area contributed by atoms with Crippen LogP contribution >= 0.6 is 0 Å². The molecule has 4 heteroatoms. The van der Waals surface area contributed by atoms with Crippen LogP contribution < -0.4 is 0 Å². The van der Waals surface area contributed by atoms with E-state index in [0.29, 0.717) is 5.70 Å². The number of carbonyl (C=O) groups excluding carboxylic acids is 1. The second-order valence-corrected chi connectivity index (χ2v) is 2.50. The Bertz CT molecular complexity index is 245. The van der Waals surface area contributed by atoms with Gasteiger partial charge in [-0.05, 0) is 6.92 Å². The van der Waals surface area contributed by atoms with Crippen LogP contribution in [0.25, 0.3) is 0 Å². The number of nitrogens with zero attached hydrogens (tertiary/aromatic N) is 3. The summed E-state index contributed by atoms with van der Waals surface area (Å²) in [4.78, 5) is 12.6. The fraction of sp³-hybridized carbons (Fsp3) is 0.500. The molecule has 4 nitrogen and oxygen atoms in total. The van der Waals surface area contributed by atoms with Crippen molar-refractivity contribution in [2.75, 3.05) is 14.1 Å². The van der Waals surface area contributed by atoms with E-state index < -0.39 is 0 Å². The normalized spacial score (nSPS) is 17.4. The Morgan fingerprint density at radius 3 is 2.42 bits per heavy atom. The Kier molecular flexibility index (Phi) is 3.01. The number of urea groups is 1. The summed E-state index contributed by atoms with van der Waals surface area (Å²) in [6.45, 7) is 5.53. The molecule has 0 fully saturated rings. The van der Waals surface area contributed by atoms with E-state index >= 15 is 0 Å². The largest absolute Gasteiger partial charge is 0.344 e. The standard InChI is InChI=1S/C7H11N3O.CH4/c1-5-6(2)9(3)7(11)10(4)8-5;/h2H2,1,3-4H3;1H4. The number of hydrogen-bond donors (Lipinski definition) is 0. The van der Waals surface area contributed by atoms with Gasteiger partial charge >= 0.3 is 6.03 Å². The molecule has 12 heavy (non-hydrogen) atoms. The first-order valence-corrected chi connectivity index (χ1v) is 3.30. The smallest absolute Gasteiger partial charge is 0.295 e. The minimum atomic E-state index is -0.152. The molecule has 0 saturated carbocycles. The lowest BCUT2D eigenvalue weighted by Crippen LogP contribution is -2.41. The van der Waals surface area contributed by atoms with E-state index in [9.17, 15) is 4.79 Å². The van der Waals surface area contributed by atoms with Crippen LogP contribution in [0.3, 0.4) is 0 Å². The van der Waals surface area contributed by atoms with Crippen molar-refractivity contribution in [3.05, 3.63) is 12.3 Å². The first kappa shape index (κ1) is 10.7. The number of hydrazone groups is 1. The lowest BCUT2D eigenvalue weighted by Gasteiger charge is -2.28. The topological polar surface area (TPSA) is 35.9 Å². The van der Waals surface area contributed by atoms with Gasteiger partial charge in [0.05, 0.1) is 11.4 Å². The molecule has 1 heterocycles. The SMILES string of the molecule is C.C=C1C(C)=NN(C)C(=O)N1C. The van der Waals surface area contributed by atoms with Crippen molar-refractivity contribution < 1.29 is 4.79 Å². The van der Waals surface area contributed by atoms with Gasteiger partial charge in [-0.1, -0.05) is 14.0 Å². The molecule has 0 atom stereocenters. The molecule has 0 unspecified atom stereocenters. The highest BCUT2D eigenvalue weighted by molar-refractivity contribution is 6.02. The maximum Gasteiger partial charge on any atom is 0.344 e. The molecule has 1 aliphatic heterocycles. The van der Waals surface area contributed by atoms with Crippen molar-refractivity contribution in [2.45, 2.75) is 14.4 Å². The number of allylic oxidation sites excluding steroid dienone is 1. The molecule has 0 saturated heterocycles. The van der Waals surface area contributed by atoms with E-state index in [1.54, 1.807) is 14.1 Å². The zero-order chi connectivity index (χ0) is 8.59. The monoisotopic (exact) mass is 169 g/mol. The van der Waals surface area contributed by atoms with Crippen LogP contribution in [0.5, 0.6) is 0 Å². The molecule has 0 bridgehead atoms. The van der Waals surface area contributed by atoms with Gasteiger partial charge in [-0.15, -0.1) is 0 Å². The van der Waals surface area contributed by atoms with E-state index in [1.165, 1.54) is 9.91 Å². The minimum absolute atomic E-state index is 0. The molecule has 0 aromatic carbocycles. The lowest BCUT2D eigenvalue weighted by atomic mass is 10.3. The van der Waals surface area contributed by atoms with Crippen molar-refractivity contribution in [3.63, 3.8) is 0 Å². The van der Waals surface area contributed by atoms with E-state index in [2.05, 4.69) is 11.7 Å². The van der Waals surface area contributed by atoms with E-state index in [4.69, 9.17) is 0 Å².